The Balaban J connectivity index is 1.98. The van der Waals surface area contributed by atoms with E-state index in [1.54, 1.807) is 6.26 Å². The van der Waals surface area contributed by atoms with Gasteiger partial charge in [-0.2, -0.15) is 0 Å². The van der Waals surface area contributed by atoms with Gasteiger partial charge in [0, 0.05) is 29.2 Å². The van der Waals surface area contributed by atoms with Crippen LogP contribution in [0.5, 0.6) is 0 Å². The third-order valence-corrected chi connectivity index (χ3v) is 7.24. The highest BCUT2D eigenvalue weighted by molar-refractivity contribution is 6.58. The van der Waals surface area contributed by atoms with Gasteiger partial charge in [0.2, 0.25) is 0 Å². The number of fused-ring (bicyclic) bond motifs is 3. The summed E-state index contributed by atoms with van der Waals surface area (Å²) in [5, 5.41) is 1.00. The van der Waals surface area contributed by atoms with Crippen LogP contribution in [0.3, 0.4) is 0 Å². The van der Waals surface area contributed by atoms with E-state index in [1.165, 1.54) is 8.96 Å². The summed E-state index contributed by atoms with van der Waals surface area (Å²) >= 11 is 0. The van der Waals surface area contributed by atoms with Crippen LogP contribution >= 0.6 is 0 Å². The van der Waals surface area contributed by atoms with E-state index >= 15 is 8.63 Å². The number of allylic oxidation sites excluding steroid dienone is 2. The molecular formula is C25H27BF2N2O. The number of hydrogen-bond donors (Lipinski definition) is 0. The first-order valence-electron chi connectivity index (χ1n) is 11.0. The van der Waals surface area contributed by atoms with E-state index in [9.17, 15) is 0 Å². The van der Waals surface area contributed by atoms with Crippen molar-refractivity contribution in [3.63, 3.8) is 0 Å². The molecule has 4 heterocycles. The summed E-state index contributed by atoms with van der Waals surface area (Å²) in [7, 11) is 0. The van der Waals surface area contributed by atoms with Crippen LogP contribution in [0.1, 0.15) is 62.2 Å². The van der Waals surface area contributed by atoms with E-state index in [4.69, 9.17) is 4.42 Å². The van der Waals surface area contributed by atoms with Crippen LogP contribution in [0.2, 0.25) is 0 Å². The lowest BCUT2D eigenvalue weighted by molar-refractivity contribution is -0.363. The maximum atomic E-state index is 16.2. The summed E-state index contributed by atoms with van der Waals surface area (Å²) in [5.41, 5.74) is 9.03. The van der Waals surface area contributed by atoms with Crippen molar-refractivity contribution in [1.29, 1.82) is 0 Å². The molecule has 5 rings (SSSR count). The number of nitrogens with zero attached hydrogens (tertiary/aromatic N) is 2. The quantitative estimate of drug-likeness (QED) is 0.436. The van der Waals surface area contributed by atoms with Crippen LogP contribution in [0, 0.1) is 13.8 Å². The highest BCUT2D eigenvalue weighted by atomic mass is 19.2. The first-order chi connectivity index (χ1) is 14.7. The summed E-state index contributed by atoms with van der Waals surface area (Å²) in [6.45, 7) is 7.70. The Morgan fingerprint density at radius 3 is 2.45 bits per heavy atom. The molecule has 2 aliphatic rings. The molecule has 31 heavy (non-hydrogen) atoms. The average molecular weight is 420 g/mol. The van der Waals surface area contributed by atoms with Crippen molar-refractivity contribution >= 4 is 29.2 Å². The van der Waals surface area contributed by atoms with Gasteiger partial charge in [0.05, 0.1) is 11.8 Å². The summed E-state index contributed by atoms with van der Waals surface area (Å²) in [4.78, 5) is 0. The molecule has 0 bridgehead atoms. The molecule has 0 radical (unpaired) electrons. The third-order valence-electron chi connectivity index (χ3n) is 7.24. The monoisotopic (exact) mass is 420 g/mol. The predicted octanol–water partition coefficient (Wildman–Crippen LogP) is 6.62. The maximum Gasteiger partial charge on any atom is 0.737 e. The molecule has 0 unspecified atom stereocenters. The first-order valence-corrected chi connectivity index (χ1v) is 11.0. The number of benzene rings is 1. The minimum Gasteiger partial charge on any atom is -0.464 e. The summed E-state index contributed by atoms with van der Waals surface area (Å²) in [6, 6.07) is 7.93. The molecule has 0 aliphatic carbocycles. The number of rotatable bonds is 3. The third kappa shape index (κ3) is 2.42. The zero-order chi connectivity index (χ0) is 22.2. The second kappa shape index (κ2) is 6.55. The molecule has 0 N–H and O–H groups in total. The minimum atomic E-state index is -4.00. The van der Waals surface area contributed by atoms with Crippen molar-refractivity contribution in [2.45, 2.75) is 54.4 Å². The molecule has 2 aliphatic heterocycles. The van der Waals surface area contributed by atoms with Crippen molar-refractivity contribution in [3.8, 4) is 0 Å². The molecule has 0 fully saturated rings. The number of furan rings is 1. The Bertz CT molecular complexity index is 1370. The standard InChI is InChI=1S/C25H27BF2N2O/c1-7-20-14(3)24-23(19-10-9-18-11-12-31-22(18)13-19)25-15(4)21(8-2)17(6)30(25)26(27,28)29(24)16(20)5/h9-13H,7-8H2,1-6H3. The van der Waals surface area contributed by atoms with Gasteiger partial charge in [0.15, 0.2) is 5.70 Å². The largest absolute Gasteiger partial charge is 0.737 e. The van der Waals surface area contributed by atoms with E-state index in [0.717, 1.165) is 57.2 Å². The fraction of sp³-hybridized carbons (Fsp3) is 0.320. The lowest BCUT2D eigenvalue weighted by Crippen LogP contribution is -2.51. The zero-order valence-corrected chi connectivity index (χ0v) is 18.9. The molecule has 1 aromatic carbocycles. The number of aromatic nitrogens is 1. The van der Waals surface area contributed by atoms with Gasteiger partial charge in [-0.05, 0) is 68.1 Å². The van der Waals surface area contributed by atoms with E-state index in [-0.39, 0.29) is 0 Å². The van der Waals surface area contributed by atoms with Crippen molar-refractivity contribution in [3.05, 3.63) is 75.5 Å². The first kappa shape index (κ1) is 20.0. The minimum absolute atomic E-state index is 0.640. The lowest BCUT2D eigenvalue weighted by atomic mass is 9.83. The summed E-state index contributed by atoms with van der Waals surface area (Å²) in [5.74, 6) is 0. The van der Waals surface area contributed by atoms with Crippen molar-refractivity contribution in [2.24, 2.45) is 0 Å². The van der Waals surface area contributed by atoms with Crippen molar-refractivity contribution in [2.75, 3.05) is 0 Å². The van der Waals surface area contributed by atoms with Gasteiger partial charge in [0.25, 0.3) is 0 Å². The zero-order valence-electron chi connectivity index (χ0n) is 18.9. The molecule has 2 aromatic heterocycles. The van der Waals surface area contributed by atoms with E-state index in [1.807, 2.05) is 65.8 Å². The van der Waals surface area contributed by atoms with Crippen molar-refractivity contribution in [1.82, 2.24) is 4.48 Å². The van der Waals surface area contributed by atoms with Crippen LogP contribution < -0.4 is 0 Å². The van der Waals surface area contributed by atoms with Gasteiger partial charge < -0.3 is 22.0 Å². The second-order valence-corrected chi connectivity index (χ2v) is 8.66. The van der Waals surface area contributed by atoms with E-state index < -0.39 is 6.97 Å². The molecule has 3 nitrogen and oxygen atoms in total. The fourth-order valence-corrected chi connectivity index (χ4v) is 5.86. The Labute approximate surface area is 181 Å². The summed E-state index contributed by atoms with van der Waals surface area (Å²) in [6.07, 6.45) is 3.11. The van der Waals surface area contributed by atoms with Crippen molar-refractivity contribution < 1.29 is 17.5 Å². The fourth-order valence-electron chi connectivity index (χ4n) is 5.86. The second-order valence-electron chi connectivity index (χ2n) is 8.66. The average Bonchev–Trinajstić information content (AvgIpc) is 3.36. The highest BCUT2D eigenvalue weighted by Crippen LogP contribution is 2.47. The van der Waals surface area contributed by atoms with Gasteiger partial charge in [-0.25, -0.2) is 0 Å². The molecule has 160 valence electrons. The Morgan fingerprint density at radius 1 is 1.03 bits per heavy atom. The molecule has 0 amide bonds. The van der Waals surface area contributed by atoms with Crippen LogP contribution in [0.15, 0.2) is 51.8 Å². The molecule has 0 saturated heterocycles. The molecule has 0 saturated carbocycles. The molecular weight excluding hydrogens is 393 g/mol. The Morgan fingerprint density at radius 2 is 1.77 bits per heavy atom. The van der Waals surface area contributed by atoms with Crippen LogP contribution in [0.25, 0.3) is 16.5 Å². The smallest absolute Gasteiger partial charge is 0.464 e. The SMILES string of the molecule is CCC1=C(C)C2=C(c3ccc4ccoc4c3)c3c(C)c(CC)c(C)n3[B-](F)(F)[N+]2=C1C. The maximum absolute atomic E-state index is 16.2. The molecule has 0 atom stereocenters. The topological polar surface area (TPSA) is 21.1 Å². The molecule has 6 heteroatoms. The van der Waals surface area contributed by atoms with E-state index in [0.29, 0.717) is 22.8 Å². The molecule has 3 aromatic rings. The van der Waals surface area contributed by atoms with Gasteiger partial charge in [-0.3, -0.25) is 0 Å². The van der Waals surface area contributed by atoms with Crippen LogP contribution in [-0.2, 0) is 6.42 Å². The summed E-state index contributed by atoms with van der Waals surface area (Å²) < 4.78 is 40.7. The highest BCUT2D eigenvalue weighted by Gasteiger charge is 2.56. The predicted molar refractivity (Wildman–Crippen MR) is 123 cm³/mol. The Hall–Kier alpha value is -2.89. The normalized spacial score (nSPS) is 17.8. The van der Waals surface area contributed by atoms with Gasteiger partial charge >= 0.3 is 6.97 Å². The number of halogens is 2. The lowest BCUT2D eigenvalue weighted by Gasteiger charge is -2.34. The molecule has 0 spiro atoms. The van der Waals surface area contributed by atoms with Gasteiger partial charge in [-0.15, -0.1) is 0 Å². The van der Waals surface area contributed by atoms with E-state index in [2.05, 4.69) is 0 Å². The van der Waals surface area contributed by atoms with Crippen LogP contribution in [0.4, 0.5) is 8.63 Å². The number of hydrogen-bond acceptors (Lipinski definition) is 1. The van der Waals surface area contributed by atoms with Gasteiger partial charge in [-0.1, -0.05) is 26.0 Å². The Kier molecular flexibility index (Phi) is 4.24. The van der Waals surface area contributed by atoms with Gasteiger partial charge in [0.1, 0.15) is 11.3 Å². The van der Waals surface area contributed by atoms with Crippen LogP contribution in [-0.4, -0.2) is 21.6 Å².